The van der Waals surface area contributed by atoms with Crippen LogP contribution in [0.2, 0.25) is 0 Å². The predicted molar refractivity (Wildman–Crippen MR) is 202 cm³/mol. The molecule has 0 aliphatic heterocycles. The Morgan fingerprint density at radius 2 is 1.53 bits per heavy atom. The first kappa shape index (κ1) is 37.2. The molecule has 0 spiro atoms. The molecule has 0 amide bonds. The van der Waals surface area contributed by atoms with Crippen LogP contribution in [0.3, 0.4) is 0 Å². The van der Waals surface area contributed by atoms with Gasteiger partial charge in [0.05, 0.1) is 46.4 Å². The van der Waals surface area contributed by atoms with Crippen LogP contribution < -0.4 is 26.2 Å². The summed E-state index contributed by atoms with van der Waals surface area (Å²) in [4.78, 5) is 18.0. The number of nitrogens with one attached hydrogen (secondary N) is 2. The summed E-state index contributed by atoms with van der Waals surface area (Å²) < 4.78 is 31.3. The van der Waals surface area contributed by atoms with Gasteiger partial charge in [0.2, 0.25) is 10.0 Å². The van der Waals surface area contributed by atoms with Crippen molar-refractivity contribution in [2.45, 2.75) is 48.8 Å². The number of azo groups is 1. The number of aromatic nitrogens is 4. The van der Waals surface area contributed by atoms with Gasteiger partial charge in [-0.2, -0.15) is 16.1 Å². The number of primary sulfonamides is 1. The first-order valence-electron chi connectivity index (χ1n) is 16.6. The minimum Gasteiger partial charge on any atom is -0.507 e. The largest absolute Gasteiger partial charge is 0.507 e. The van der Waals surface area contributed by atoms with Crippen molar-refractivity contribution in [2.24, 2.45) is 21.3 Å². The van der Waals surface area contributed by atoms with Crippen LogP contribution in [-0.4, -0.2) is 28.5 Å². The molecule has 6 aromatic rings. The van der Waals surface area contributed by atoms with E-state index in [0.717, 1.165) is 24.2 Å². The van der Waals surface area contributed by atoms with E-state index in [2.05, 4.69) is 59.9 Å². The molecule has 0 radical (unpaired) electrons. The van der Waals surface area contributed by atoms with Crippen molar-refractivity contribution in [3.05, 3.63) is 109 Å². The second kappa shape index (κ2) is 17.3. The number of rotatable bonds is 16. The number of phenols is 1. The minimum absolute atomic E-state index is 0.0387. The van der Waals surface area contributed by atoms with Crippen molar-refractivity contribution in [1.82, 2.24) is 15.0 Å². The Labute approximate surface area is 310 Å². The summed E-state index contributed by atoms with van der Waals surface area (Å²) in [7, 11) is -4.17. The maximum absolute atomic E-state index is 12.5. The predicted octanol–water partition coefficient (Wildman–Crippen LogP) is 7.51. The maximum Gasteiger partial charge on any atom is 0.444 e. The van der Waals surface area contributed by atoms with Gasteiger partial charge in [0.1, 0.15) is 5.75 Å². The highest BCUT2D eigenvalue weighted by atomic mass is 32.2. The smallest absolute Gasteiger partial charge is 0.444 e. The van der Waals surface area contributed by atoms with Crippen molar-refractivity contribution in [1.29, 1.82) is 0 Å². The fourth-order valence-electron chi connectivity index (χ4n) is 5.39. The van der Waals surface area contributed by atoms with E-state index < -0.39 is 10.0 Å². The zero-order valence-corrected chi connectivity index (χ0v) is 30.2. The van der Waals surface area contributed by atoms with Crippen LogP contribution in [0.4, 0.5) is 34.6 Å². The monoisotopic (exact) mass is 753 g/mol. The summed E-state index contributed by atoms with van der Waals surface area (Å²) in [5, 5.41) is 32.1. The number of phenolic OH excluding ortho intramolecular Hbond substituents is 1. The third-order valence-corrected chi connectivity index (χ3v) is 9.42. The lowest BCUT2D eigenvalue weighted by Gasteiger charge is -2.13. The van der Waals surface area contributed by atoms with Gasteiger partial charge in [-0.3, -0.25) is 0 Å². The van der Waals surface area contributed by atoms with E-state index in [1.165, 1.54) is 49.4 Å². The van der Waals surface area contributed by atoms with Gasteiger partial charge in [0.25, 0.3) is 0 Å². The highest BCUT2D eigenvalue weighted by Gasteiger charge is 2.22. The Morgan fingerprint density at radius 1 is 0.849 bits per heavy atom. The number of aromatic hydroxyl groups is 1. The highest BCUT2D eigenvalue weighted by molar-refractivity contribution is 7.94. The standard InChI is InChI=1S/C36H36N10O5S2/c1-2-3-4-6-9-24-10-12-27(13-11-24)44-45-28-16-14-26(15-17-28)39-34-41-35(43-36(42-34)46-18-7-5-8-19-46)40-31-23-30(53(38,48)49)21-25-20-29(52-51-50-37)22-32(47)33(25)31/h5,7-8,10-23H,2-4,6,9,37H2,1H3,(H4-,38,39,40,41,42,43,44,47,48,49)/p+1. The first-order valence-corrected chi connectivity index (χ1v) is 18.9. The molecule has 0 saturated heterocycles. The topological polar surface area (TPSA) is 216 Å². The minimum atomic E-state index is -4.17. The van der Waals surface area contributed by atoms with Gasteiger partial charge >= 0.3 is 17.8 Å². The number of anilines is 4. The Morgan fingerprint density at radius 3 is 2.19 bits per heavy atom. The van der Waals surface area contributed by atoms with Crippen LogP contribution in [0.1, 0.15) is 38.2 Å². The van der Waals surface area contributed by atoms with E-state index in [0.29, 0.717) is 21.7 Å². The third-order valence-electron chi connectivity index (χ3n) is 7.95. The summed E-state index contributed by atoms with van der Waals surface area (Å²) in [5.74, 6) is 5.20. The van der Waals surface area contributed by atoms with Crippen LogP contribution in [0.15, 0.2) is 123 Å². The number of nitrogens with zero attached hydrogens (tertiary/aromatic N) is 6. The number of hydrogen-bond acceptors (Lipinski definition) is 14. The molecule has 53 heavy (non-hydrogen) atoms. The van der Waals surface area contributed by atoms with Crippen molar-refractivity contribution < 1.29 is 27.4 Å². The van der Waals surface area contributed by atoms with E-state index >= 15 is 0 Å². The molecule has 7 N–H and O–H groups in total. The molecule has 272 valence electrons. The number of pyridine rings is 1. The van der Waals surface area contributed by atoms with E-state index in [-0.39, 0.29) is 39.6 Å². The van der Waals surface area contributed by atoms with Gasteiger partial charge in [0, 0.05) is 16.0 Å². The Bertz CT molecular complexity index is 2310. The SMILES string of the molecule is CCCCCCc1ccc(N=Nc2ccc(Nc3nc(Nc4cc(S(N)(=O)=O)cc5cc(SOON)cc(O)c45)nc(-[n+]4ccccc4)n3)cc2)cc1. The number of nitrogens with two attached hydrogens (primary N) is 2. The van der Waals surface area contributed by atoms with Gasteiger partial charge < -0.3 is 15.7 Å². The van der Waals surface area contributed by atoms with E-state index in [9.17, 15) is 13.5 Å². The molecule has 0 fully saturated rings. The van der Waals surface area contributed by atoms with Gasteiger partial charge in [0.15, 0.2) is 0 Å². The molecule has 0 saturated carbocycles. The van der Waals surface area contributed by atoms with Crippen molar-refractivity contribution in [3.8, 4) is 11.7 Å². The van der Waals surface area contributed by atoms with E-state index in [1.807, 2.05) is 54.6 Å². The third kappa shape index (κ3) is 10.1. The molecule has 15 nitrogen and oxygen atoms in total. The van der Waals surface area contributed by atoms with E-state index in [4.69, 9.17) is 15.4 Å². The fraction of sp³-hybridized carbons (Fsp3) is 0.167. The van der Waals surface area contributed by atoms with Crippen molar-refractivity contribution in [2.75, 3.05) is 10.6 Å². The van der Waals surface area contributed by atoms with E-state index in [1.54, 1.807) is 23.0 Å². The van der Waals surface area contributed by atoms with Gasteiger partial charge in [-0.05, 0) is 107 Å². The van der Waals surface area contributed by atoms with Crippen molar-refractivity contribution >= 4 is 67.5 Å². The maximum atomic E-state index is 12.5. The lowest BCUT2D eigenvalue weighted by molar-refractivity contribution is -0.603. The number of unbranched alkanes of at least 4 members (excludes halogenated alkanes) is 3. The molecule has 2 aromatic heterocycles. The Hall–Kier alpha value is -5.56. The fourth-order valence-corrected chi connectivity index (χ4v) is 6.42. The second-order valence-electron chi connectivity index (χ2n) is 11.8. The number of benzene rings is 4. The zero-order valence-electron chi connectivity index (χ0n) is 28.6. The zero-order chi connectivity index (χ0) is 37.2. The molecule has 2 heterocycles. The van der Waals surface area contributed by atoms with Crippen LogP contribution in [0, 0.1) is 0 Å². The van der Waals surface area contributed by atoms with Crippen molar-refractivity contribution in [3.63, 3.8) is 0 Å². The summed E-state index contributed by atoms with van der Waals surface area (Å²) in [6, 6.07) is 26.5. The Balaban J connectivity index is 1.26. The Kier molecular flexibility index (Phi) is 12.1. The van der Waals surface area contributed by atoms with Crippen LogP contribution in [0.5, 0.6) is 5.75 Å². The molecule has 6 rings (SSSR count). The molecular weight excluding hydrogens is 717 g/mol. The molecule has 0 atom stereocenters. The summed E-state index contributed by atoms with van der Waals surface area (Å²) in [5.41, 5.74) is 3.54. The molecule has 4 aromatic carbocycles. The quantitative estimate of drug-likeness (QED) is 0.0162. The lowest BCUT2D eigenvalue weighted by atomic mass is 10.1. The molecule has 0 unspecified atom stereocenters. The van der Waals surface area contributed by atoms with Crippen LogP contribution in [0.25, 0.3) is 16.7 Å². The normalized spacial score (nSPS) is 11.7. The van der Waals surface area contributed by atoms with Crippen LogP contribution >= 0.6 is 12.0 Å². The average Bonchev–Trinajstić information content (AvgIpc) is 3.15. The van der Waals surface area contributed by atoms with Crippen LogP contribution in [-0.2, 0) is 25.8 Å². The van der Waals surface area contributed by atoms with Gasteiger partial charge in [-0.15, -0.1) is 14.3 Å². The van der Waals surface area contributed by atoms with Gasteiger partial charge in [-0.25, -0.2) is 18.1 Å². The summed E-state index contributed by atoms with van der Waals surface area (Å²) in [6.45, 7) is 2.21. The highest BCUT2D eigenvalue weighted by Crippen LogP contribution is 2.39. The lowest BCUT2D eigenvalue weighted by Crippen LogP contribution is -2.32. The first-order chi connectivity index (χ1) is 25.7. The number of hydrogen-bond donors (Lipinski definition) is 5. The van der Waals surface area contributed by atoms with Gasteiger partial charge in [-0.1, -0.05) is 44.4 Å². The average molecular weight is 754 g/mol. The molecular formula is C36H37N10O5S2+. The molecule has 17 heteroatoms. The summed E-state index contributed by atoms with van der Waals surface area (Å²) >= 11 is 0.717. The number of fused-ring (bicyclic) bond motifs is 1. The second-order valence-corrected chi connectivity index (χ2v) is 14.2. The number of sulfonamides is 1. The molecule has 0 bridgehead atoms. The molecule has 0 aliphatic rings. The summed E-state index contributed by atoms with van der Waals surface area (Å²) in [6.07, 6.45) is 9.50. The molecule has 0 aliphatic carbocycles. The number of aryl methyl sites for hydroxylation is 1.